The van der Waals surface area contributed by atoms with Gasteiger partial charge in [-0.1, -0.05) is 53.5 Å². The molecule has 0 spiro atoms. The summed E-state index contributed by atoms with van der Waals surface area (Å²) in [6.45, 7) is 12.3. The topological polar surface area (TPSA) is 29.1 Å². The van der Waals surface area contributed by atoms with E-state index in [0.29, 0.717) is 11.8 Å². The van der Waals surface area contributed by atoms with Gasteiger partial charge >= 0.3 is 0 Å². The van der Waals surface area contributed by atoms with Gasteiger partial charge in [-0.3, -0.25) is 4.79 Å². The van der Waals surface area contributed by atoms with Gasteiger partial charge in [0, 0.05) is 17.5 Å². The van der Waals surface area contributed by atoms with Crippen molar-refractivity contribution in [1.29, 1.82) is 0 Å². The molecule has 1 N–H and O–H groups in total. The summed E-state index contributed by atoms with van der Waals surface area (Å²) < 4.78 is 0. The van der Waals surface area contributed by atoms with E-state index in [1.807, 2.05) is 0 Å². The van der Waals surface area contributed by atoms with Crippen LogP contribution in [0.1, 0.15) is 92.4 Å². The van der Waals surface area contributed by atoms with Crippen molar-refractivity contribution in [2.24, 2.45) is 39.9 Å². The van der Waals surface area contributed by atoms with Crippen LogP contribution in [0.4, 0.5) is 0 Å². The van der Waals surface area contributed by atoms with Crippen LogP contribution in [0.15, 0.2) is 11.8 Å². The molecule has 3 fully saturated rings. The largest absolute Gasteiger partial charge is 0.330 e. The summed E-state index contributed by atoms with van der Waals surface area (Å²) >= 11 is 0. The van der Waals surface area contributed by atoms with Crippen LogP contribution in [-0.2, 0) is 4.79 Å². The van der Waals surface area contributed by atoms with Crippen LogP contribution >= 0.6 is 0 Å². The van der Waals surface area contributed by atoms with Gasteiger partial charge in [0.25, 0.3) is 0 Å². The highest BCUT2D eigenvalue weighted by Crippen LogP contribution is 2.68. The van der Waals surface area contributed by atoms with Crippen LogP contribution in [0, 0.1) is 39.9 Å². The number of carbonyl (C=O) groups is 1. The third-order valence-electron chi connectivity index (χ3n) is 9.13. The first-order valence-electron chi connectivity index (χ1n) is 11.2. The standard InChI is InChI=1S/C24H39NO/c1-16(2)8-12-23(4)15-19-24(5,14-10-20(26)25-19)18-9-13-22(3)11-6-7-17(22)21(18)23/h15-18,21H,6-14H2,1-5H3,(H,25,26)/t17-,18+,21-,22-,23?,24+/m0/s1. The van der Waals surface area contributed by atoms with Crippen molar-refractivity contribution in [2.45, 2.75) is 92.4 Å². The molecule has 1 aliphatic heterocycles. The van der Waals surface area contributed by atoms with E-state index in [1.54, 1.807) is 0 Å². The predicted octanol–water partition coefficient (Wildman–Crippen LogP) is 6.08. The lowest BCUT2D eigenvalue weighted by molar-refractivity contribution is -0.127. The normalized spacial score (nSPS) is 47.7. The van der Waals surface area contributed by atoms with Gasteiger partial charge in [-0.2, -0.15) is 0 Å². The van der Waals surface area contributed by atoms with E-state index in [9.17, 15) is 4.79 Å². The molecule has 26 heavy (non-hydrogen) atoms. The second-order valence-electron chi connectivity index (χ2n) is 11.3. The molecule has 4 aliphatic rings. The summed E-state index contributed by atoms with van der Waals surface area (Å²) in [5.41, 5.74) is 2.29. The first-order valence-corrected chi connectivity index (χ1v) is 11.2. The van der Waals surface area contributed by atoms with Crippen LogP contribution in [0.3, 0.4) is 0 Å². The highest BCUT2D eigenvalue weighted by atomic mass is 16.1. The molecule has 6 atom stereocenters. The molecule has 2 saturated carbocycles. The van der Waals surface area contributed by atoms with Crippen LogP contribution in [0.25, 0.3) is 0 Å². The zero-order valence-electron chi connectivity index (χ0n) is 17.7. The van der Waals surface area contributed by atoms with Crippen molar-refractivity contribution < 1.29 is 4.79 Å². The van der Waals surface area contributed by atoms with Crippen molar-refractivity contribution in [1.82, 2.24) is 5.32 Å². The van der Waals surface area contributed by atoms with Gasteiger partial charge in [0.2, 0.25) is 5.91 Å². The van der Waals surface area contributed by atoms with Gasteiger partial charge in [-0.15, -0.1) is 0 Å². The summed E-state index contributed by atoms with van der Waals surface area (Å²) in [5.74, 6) is 3.41. The Hall–Kier alpha value is -0.790. The van der Waals surface area contributed by atoms with Crippen molar-refractivity contribution >= 4 is 5.91 Å². The Morgan fingerprint density at radius 2 is 1.88 bits per heavy atom. The minimum atomic E-state index is 0.194. The Labute approximate surface area is 160 Å². The second-order valence-corrected chi connectivity index (χ2v) is 11.3. The van der Waals surface area contributed by atoms with Gasteiger partial charge in [-0.05, 0) is 73.0 Å². The van der Waals surface area contributed by atoms with Gasteiger partial charge < -0.3 is 5.32 Å². The first kappa shape index (κ1) is 18.6. The Kier molecular flexibility index (Phi) is 4.36. The molecular weight excluding hydrogens is 318 g/mol. The molecule has 2 nitrogen and oxygen atoms in total. The van der Waals surface area contributed by atoms with Gasteiger partial charge in [-0.25, -0.2) is 0 Å². The van der Waals surface area contributed by atoms with E-state index in [1.165, 1.54) is 50.6 Å². The average Bonchev–Trinajstić information content (AvgIpc) is 2.96. The van der Waals surface area contributed by atoms with Crippen molar-refractivity contribution in [3.05, 3.63) is 11.8 Å². The molecule has 2 heteroatoms. The van der Waals surface area contributed by atoms with E-state index in [0.717, 1.165) is 30.1 Å². The average molecular weight is 358 g/mol. The van der Waals surface area contributed by atoms with Crippen LogP contribution < -0.4 is 5.32 Å². The number of carbonyl (C=O) groups excluding carboxylic acids is 1. The number of piperidine rings is 1. The maximum Gasteiger partial charge on any atom is 0.224 e. The monoisotopic (exact) mass is 357 g/mol. The Morgan fingerprint density at radius 3 is 2.62 bits per heavy atom. The molecule has 1 saturated heterocycles. The summed E-state index contributed by atoms with van der Waals surface area (Å²) in [6, 6.07) is 0. The summed E-state index contributed by atoms with van der Waals surface area (Å²) in [5, 5.41) is 3.33. The number of rotatable bonds is 3. The quantitative estimate of drug-likeness (QED) is 0.652. The van der Waals surface area contributed by atoms with Crippen molar-refractivity contribution in [3.8, 4) is 0 Å². The van der Waals surface area contributed by atoms with Crippen LogP contribution in [0.2, 0.25) is 0 Å². The minimum absolute atomic E-state index is 0.194. The summed E-state index contributed by atoms with van der Waals surface area (Å²) in [7, 11) is 0. The molecule has 0 aromatic carbocycles. The van der Waals surface area contributed by atoms with Crippen molar-refractivity contribution in [3.63, 3.8) is 0 Å². The van der Waals surface area contributed by atoms with E-state index in [-0.39, 0.29) is 16.7 Å². The fourth-order valence-corrected chi connectivity index (χ4v) is 7.48. The number of allylic oxidation sites excluding steroid dienone is 2. The van der Waals surface area contributed by atoms with Crippen LogP contribution in [0.5, 0.6) is 0 Å². The molecule has 0 aromatic rings. The minimum Gasteiger partial charge on any atom is -0.330 e. The molecule has 0 radical (unpaired) electrons. The highest BCUT2D eigenvalue weighted by molar-refractivity contribution is 5.79. The van der Waals surface area contributed by atoms with E-state index in [2.05, 4.69) is 46.0 Å². The molecule has 3 aliphatic carbocycles. The molecule has 1 unspecified atom stereocenters. The zero-order chi connectivity index (χ0) is 18.7. The van der Waals surface area contributed by atoms with Gasteiger partial charge in [0.05, 0.1) is 0 Å². The summed E-state index contributed by atoms with van der Waals surface area (Å²) in [6.07, 6.45) is 13.9. The van der Waals surface area contributed by atoms with Gasteiger partial charge in [0.1, 0.15) is 0 Å². The fraction of sp³-hybridized carbons (Fsp3) is 0.875. The van der Waals surface area contributed by atoms with Crippen LogP contribution in [-0.4, -0.2) is 5.91 Å². The number of nitrogens with one attached hydrogen (secondary N) is 1. The SMILES string of the molecule is CC(C)CCC1(C)C=C2NC(=O)CC[C@]2(C)[C@@H]2CC[C@]3(C)CCC[C@H]3[C@@H]21. The lowest BCUT2D eigenvalue weighted by Crippen LogP contribution is -2.57. The number of hydrogen-bond donors (Lipinski definition) is 1. The predicted molar refractivity (Wildman–Crippen MR) is 107 cm³/mol. The maximum absolute atomic E-state index is 12.2. The van der Waals surface area contributed by atoms with E-state index in [4.69, 9.17) is 0 Å². The van der Waals surface area contributed by atoms with E-state index >= 15 is 0 Å². The third kappa shape index (κ3) is 2.69. The molecule has 0 bridgehead atoms. The Bertz CT molecular complexity index is 622. The maximum atomic E-state index is 12.2. The third-order valence-corrected chi connectivity index (χ3v) is 9.13. The second kappa shape index (κ2) is 6.11. The molecule has 4 rings (SSSR count). The molecule has 0 aromatic heterocycles. The number of fused-ring (bicyclic) bond motifs is 5. The zero-order valence-corrected chi connectivity index (χ0v) is 17.7. The highest BCUT2D eigenvalue weighted by Gasteiger charge is 2.61. The smallest absolute Gasteiger partial charge is 0.224 e. The lowest BCUT2D eigenvalue weighted by Gasteiger charge is -2.62. The Morgan fingerprint density at radius 1 is 1.12 bits per heavy atom. The van der Waals surface area contributed by atoms with Gasteiger partial charge in [0.15, 0.2) is 0 Å². The lowest BCUT2D eigenvalue weighted by atomic mass is 9.44. The molecule has 1 heterocycles. The molecular formula is C24H39NO. The number of hydrogen-bond acceptors (Lipinski definition) is 1. The summed E-state index contributed by atoms with van der Waals surface area (Å²) in [4.78, 5) is 12.2. The first-order chi connectivity index (χ1) is 12.2. The van der Waals surface area contributed by atoms with Crippen molar-refractivity contribution in [2.75, 3.05) is 0 Å². The Balaban J connectivity index is 1.78. The number of amides is 1. The van der Waals surface area contributed by atoms with E-state index < -0.39 is 0 Å². The molecule has 146 valence electrons. The molecule has 1 amide bonds. The fourth-order valence-electron chi connectivity index (χ4n) is 7.48.